The largest absolute Gasteiger partial charge is 0.479 e. The van der Waals surface area contributed by atoms with Gasteiger partial charge in [-0.2, -0.15) is 15.2 Å². The van der Waals surface area contributed by atoms with Crippen molar-refractivity contribution in [2.75, 3.05) is 20.3 Å². The van der Waals surface area contributed by atoms with Crippen LogP contribution in [-0.4, -0.2) is 60.9 Å². The van der Waals surface area contributed by atoms with Crippen molar-refractivity contribution in [3.05, 3.63) is 24.2 Å². The van der Waals surface area contributed by atoms with Gasteiger partial charge in [0.25, 0.3) is 5.95 Å². The maximum atomic E-state index is 11.8. The van der Waals surface area contributed by atoms with Crippen LogP contribution in [0.2, 0.25) is 0 Å². The Morgan fingerprint density at radius 2 is 2.11 bits per heavy atom. The molecule has 1 saturated carbocycles. The molecule has 3 aromatic rings. The lowest BCUT2D eigenvalue weighted by Gasteiger charge is -2.13. The first-order valence-electron chi connectivity index (χ1n) is 8.70. The average Bonchev–Trinajstić information content (AvgIpc) is 3.09. The van der Waals surface area contributed by atoms with E-state index in [9.17, 15) is 9.90 Å². The van der Waals surface area contributed by atoms with Gasteiger partial charge in [0.05, 0.1) is 38.3 Å². The Bertz CT molecular complexity index is 991. The normalized spacial score (nSPS) is 15.1. The van der Waals surface area contributed by atoms with Crippen molar-refractivity contribution in [2.45, 2.75) is 26.3 Å². The first-order chi connectivity index (χ1) is 13.1. The molecule has 0 aromatic carbocycles. The van der Waals surface area contributed by atoms with Crippen molar-refractivity contribution in [1.29, 1.82) is 0 Å². The fourth-order valence-corrected chi connectivity index (χ4v) is 2.93. The smallest absolute Gasteiger partial charge is 0.341 e. The van der Waals surface area contributed by atoms with Crippen molar-refractivity contribution in [1.82, 2.24) is 29.5 Å². The van der Waals surface area contributed by atoms with Crippen molar-refractivity contribution in [3.8, 4) is 11.8 Å². The zero-order valence-corrected chi connectivity index (χ0v) is 15.1. The van der Waals surface area contributed by atoms with E-state index in [0.29, 0.717) is 29.0 Å². The van der Waals surface area contributed by atoms with Crippen molar-refractivity contribution < 1.29 is 19.4 Å². The van der Waals surface area contributed by atoms with E-state index in [0.717, 1.165) is 12.8 Å². The molecule has 1 aliphatic carbocycles. The van der Waals surface area contributed by atoms with E-state index < -0.39 is 5.97 Å². The van der Waals surface area contributed by atoms with Gasteiger partial charge in [0, 0.05) is 18.2 Å². The van der Waals surface area contributed by atoms with Crippen LogP contribution in [0, 0.1) is 5.41 Å². The first kappa shape index (κ1) is 17.4. The van der Waals surface area contributed by atoms with Crippen molar-refractivity contribution in [2.24, 2.45) is 5.41 Å². The summed E-state index contributed by atoms with van der Waals surface area (Å²) in [5, 5.41) is 18.1. The second-order valence-corrected chi connectivity index (χ2v) is 6.62. The van der Waals surface area contributed by atoms with Crippen LogP contribution in [0.1, 0.15) is 30.1 Å². The minimum atomic E-state index is -0.455. The Morgan fingerprint density at radius 3 is 2.78 bits per heavy atom. The summed E-state index contributed by atoms with van der Waals surface area (Å²) in [5.74, 6) is 0.163. The lowest BCUT2D eigenvalue weighted by atomic mass is 10.1. The maximum Gasteiger partial charge on any atom is 0.341 e. The molecule has 1 aliphatic rings. The van der Waals surface area contributed by atoms with E-state index in [4.69, 9.17) is 9.47 Å². The molecule has 0 saturated heterocycles. The molecule has 0 spiro atoms. The molecule has 0 radical (unpaired) electrons. The molecule has 10 nitrogen and oxygen atoms in total. The van der Waals surface area contributed by atoms with Crippen LogP contribution < -0.4 is 4.74 Å². The molecule has 10 heteroatoms. The number of aliphatic hydroxyl groups is 1. The SMILES string of the molecule is CCOC(=O)c1cnn(-c2nc(OC)c3c(cnn3CC3(CO)CC3)n2)c1. The number of ether oxygens (including phenoxy) is 2. The number of hydrogen-bond acceptors (Lipinski definition) is 8. The Hall–Kier alpha value is -3.01. The first-order valence-corrected chi connectivity index (χ1v) is 8.70. The highest BCUT2D eigenvalue weighted by Gasteiger charge is 2.43. The molecule has 3 aromatic heterocycles. The van der Waals surface area contributed by atoms with Gasteiger partial charge in [-0.15, -0.1) is 0 Å². The number of aromatic nitrogens is 6. The Balaban J connectivity index is 1.70. The monoisotopic (exact) mass is 372 g/mol. The molecular weight excluding hydrogens is 352 g/mol. The van der Waals surface area contributed by atoms with Crippen molar-refractivity contribution in [3.63, 3.8) is 0 Å². The molecule has 4 rings (SSSR count). The molecule has 0 atom stereocenters. The Kier molecular flexibility index (Phi) is 4.27. The number of fused-ring (bicyclic) bond motifs is 1. The van der Waals surface area contributed by atoms with Crippen LogP contribution in [0.25, 0.3) is 17.0 Å². The highest BCUT2D eigenvalue weighted by molar-refractivity contribution is 5.88. The van der Waals surface area contributed by atoms with Crippen LogP contribution in [0.4, 0.5) is 0 Å². The third kappa shape index (κ3) is 3.12. The summed E-state index contributed by atoms with van der Waals surface area (Å²) in [7, 11) is 1.52. The minimum Gasteiger partial charge on any atom is -0.479 e. The molecular formula is C17H20N6O4. The molecule has 0 bridgehead atoms. The summed E-state index contributed by atoms with van der Waals surface area (Å²) >= 11 is 0. The number of methoxy groups -OCH3 is 1. The molecule has 0 amide bonds. The van der Waals surface area contributed by atoms with Crippen LogP contribution in [0.15, 0.2) is 18.6 Å². The third-order valence-electron chi connectivity index (χ3n) is 4.71. The number of nitrogens with zero attached hydrogens (tertiary/aromatic N) is 6. The van der Waals surface area contributed by atoms with Gasteiger partial charge in [-0.1, -0.05) is 0 Å². The number of carbonyl (C=O) groups is 1. The zero-order valence-electron chi connectivity index (χ0n) is 15.1. The quantitative estimate of drug-likeness (QED) is 0.610. The molecule has 0 aliphatic heterocycles. The fraction of sp³-hybridized carbons (Fsp3) is 0.471. The summed E-state index contributed by atoms with van der Waals surface area (Å²) < 4.78 is 13.6. The second kappa shape index (κ2) is 6.62. The molecule has 1 fully saturated rings. The maximum absolute atomic E-state index is 11.8. The second-order valence-electron chi connectivity index (χ2n) is 6.62. The van der Waals surface area contributed by atoms with E-state index >= 15 is 0 Å². The van der Waals surface area contributed by atoms with Gasteiger partial charge in [-0.25, -0.2) is 14.5 Å². The van der Waals surface area contributed by atoms with Gasteiger partial charge in [-0.05, 0) is 19.8 Å². The standard InChI is InChI=1S/C17H20N6O4/c1-3-27-15(25)11-6-18-22(8-11)16-20-12-7-19-23(9-17(10-24)4-5-17)13(12)14(21-16)26-2/h6-8,24H,3-5,9-10H2,1-2H3. The number of hydrogen-bond donors (Lipinski definition) is 1. The Morgan fingerprint density at radius 1 is 1.30 bits per heavy atom. The highest BCUT2D eigenvalue weighted by atomic mass is 16.5. The summed E-state index contributed by atoms with van der Waals surface area (Å²) in [5.41, 5.74) is 1.46. The number of carbonyl (C=O) groups excluding carboxylic acids is 1. The molecule has 27 heavy (non-hydrogen) atoms. The van der Waals surface area contributed by atoms with Gasteiger partial charge in [-0.3, -0.25) is 4.68 Å². The van der Waals surface area contributed by atoms with E-state index in [2.05, 4.69) is 20.2 Å². The van der Waals surface area contributed by atoms with Gasteiger partial charge in [0.1, 0.15) is 11.0 Å². The molecule has 3 heterocycles. The zero-order chi connectivity index (χ0) is 19.0. The predicted molar refractivity (Wildman–Crippen MR) is 93.7 cm³/mol. The third-order valence-corrected chi connectivity index (χ3v) is 4.71. The lowest BCUT2D eigenvalue weighted by molar-refractivity contribution is 0.0526. The van der Waals surface area contributed by atoms with E-state index in [1.165, 1.54) is 24.2 Å². The van der Waals surface area contributed by atoms with Crippen molar-refractivity contribution >= 4 is 17.0 Å². The summed E-state index contributed by atoms with van der Waals surface area (Å²) in [6.07, 6.45) is 6.48. The van der Waals surface area contributed by atoms with E-state index in [1.54, 1.807) is 17.8 Å². The van der Waals surface area contributed by atoms with Gasteiger partial charge >= 0.3 is 5.97 Å². The number of rotatable bonds is 7. The number of aliphatic hydroxyl groups excluding tert-OH is 1. The fourth-order valence-electron chi connectivity index (χ4n) is 2.93. The van der Waals surface area contributed by atoms with Gasteiger partial charge in [0.2, 0.25) is 5.88 Å². The molecule has 1 N–H and O–H groups in total. The highest BCUT2D eigenvalue weighted by Crippen LogP contribution is 2.47. The van der Waals surface area contributed by atoms with Crippen LogP contribution >= 0.6 is 0 Å². The summed E-state index contributed by atoms with van der Waals surface area (Å²) in [6.45, 7) is 2.74. The summed E-state index contributed by atoms with van der Waals surface area (Å²) in [4.78, 5) is 20.7. The molecule has 142 valence electrons. The summed E-state index contributed by atoms with van der Waals surface area (Å²) in [6, 6.07) is 0. The van der Waals surface area contributed by atoms with Crippen LogP contribution in [0.5, 0.6) is 5.88 Å². The van der Waals surface area contributed by atoms with Gasteiger partial charge in [0.15, 0.2) is 0 Å². The minimum absolute atomic E-state index is 0.112. The molecule has 0 unspecified atom stereocenters. The van der Waals surface area contributed by atoms with E-state index in [1.807, 2.05) is 0 Å². The topological polar surface area (TPSA) is 117 Å². The Labute approximate surface area is 154 Å². The number of esters is 1. The lowest BCUT2D eigenvalue weighted by Crippen LogP contribution is -2.17. The van der Waals surface area contributed by atoms with Crippen LogP contribution in [-0.2, 0) is 11.3 Å². The predicted octanol–water partition coefficient (Wildman–Crippen LogP) is 0.970. The average molecular weight is 372 g/mol. The van der Waals surface area contributed by atoms with E-state index in [-0.39, 0.29) is 24.6 Å². The van der Waals surface area contributed by atoms with Gasteiger partial charge < -0.3 is 14.6 Å². The van der Waals surface area contributed by atoms with Crippen LogP contribution in [0.3, 0.4) is 0 Å².